The normalized spacial score (nSPS) is 18.0. The third kappa shape index (κ3) is 4.04. The number of rotatable bonds is 6. The predicted octanol–water partition coefficient (Wildman–Crippen LogP) is 3.53. The van der Waals surface area contributed by atoms with Crippen molar-refractivity contribution in [1.82, 2.24) is 14.9 Å². The van der Waals surface area contributed by atoms with Gasteiger partial charge in [0.25, 0.3) is 5.91 Å². The molecule has 1 aliphatic rings. The monoisotopic (exact) mass is 473 g/mol. The summed E-state index contributed by atoms with van der Waals surface area (Å²) in [5.74, 6) is -2.23. The summed E-state index contributed by atoms with van der Waals surface area (Å²) >= 11 is 0. The summed E-state index contributed by atoms with van der Waals surface area (Å²) in [5, 5.41) is 2.38. The largest absolute Gasteiger partial charge is 0.406 e. The molecule has 176 valence electrons. The Labute approximate surface area is 191 Å². The van der Waals surface area contributed by atoms with E-state index in [0.717, 1.165) is 10.8 Å². The van der Waals surface area contributed by atoms with Crippen LogP contribution in [0.3, 0.4) is 0 Å². The average molecular weight is 473 g/mol. The first-order valence-electron chi connectivity index (χ1n) is 10.2. The Morgan fingerprint density at radius 3 is 2.56 bits per heavy atom. The van der Waals surface area contributed by atoms with Crippen LogP contribution in [0.2, 0.25) is 0 Å². The molecule has 1 aliphatic heterocycles. The summed E-state index contributed by atoms with van der Waals surface area (Å²) in [6.07, 6.45) is -2.28. The minimum absolute atomic E-state index is 0.0234. The number of guanidine groups is 1. The number of halogens is 4. The second-order valence-electron chi connectivity index (χ2n) is 7.72. The third-order valence-corrected chi connectivity index (χ3v) is 5.48. The Bertz CT molecular complexity index is 1310. The lowest BCUT2D eigenvalue weighted by atomic mass is 9.83. The van der Waals surface area contributed by atoms with Crippen LogP contribution in [0.25, 0.3) is 11.1 Å². The lowest BCUT2D eigenvalue weighted by Crippen LogP contribution is -2.39. The Morgan fingerprint density at radius 2 is 1.94 bits per heavy atom. The number of aliphatic imine (C=N–C) groups is 1. The molecule has 3 aromatic rings. The number of carbonyl (C=O) groups is 2. The van der Waals surface area contributed by atoms with E-state index in [2.05, 4.69) is 15.3 Å². The Morgan fingerprint density at radius 1 is 1.18 bits per heavy atom. The standard InChI is InChI=1S/C23H19F4N5O2/c1-2-18(33)17-10-15(11-32(17)12-22(25,26)27)23(20(34)30-21(28)31-23)14-6-3-5-13(9-14)16-7-4-8-29-19(16)24/h3-11H,2,12H2,1H3,(H3,28,30,31,34). The summed E-state index contributed by atoms with van der Waals surface area (Å²) < 4.78 is 54.7. The van der Waals surface area contributed by atoms with Gasteiger partial charge in [-0.15, -0.1) is 0 Å². The Kier molecular flexibility index (Phi) is 5.72. The number of pyridine rings is 1. The molecule has 2 aromatic heterocycles. The SMILES string of the molecule is CCC(=O)c1cc(C2(c3cccc(-c4cccnc4F)c3)N=C(N)NC2=O)cn1CC(F)(F)F. The highest BCUT2D eigenvalue weighted by Crippen LogP contribution is 2.40. The topological polar surface area (TPSA) is 102 Å². The number of benzene rings is 1. The van der Waals surface area contributed by atoms with Gasteiger partial charge in [0, 0.05) is 29.9 Å². The van der Waals surface area contributed by atoms with E-state index in [4.69, 9.17) is 5.73 Å². The van der Waals surface area contributed by atoms with Gasteiger partial charge >= 0.3 is 6.18 Å². The van der Waals surface area contributed by atoms with Crippen LogP contribution in [0, 0.1) is 5.95 Å². The van der Waals surface area contributed by atoms with Gasteiger partial charge in [0.05, 0.1) is 5.69 Å². The molecule has 3 heterocycles. The van der Waals surface area contributed by atoms with Crippen molar-refractivity contribution in [3.05, 3.63) is 77.6 Å². The van der Waals surface area contributed by atoms with E-state index >= 15 is 0 Å². The lowest BCUT2D eigenvalue weighted by Gasteiger charge is -2.24. The van der Waals surface area contributed by atoms with Crippen molar-refractivity contribution in [2.24, 2.45) is 10.7 Å². The van der Waals surface area contributed by atoms with Crippen LogP contribution in [-0.4, -0.2) is 33.4 Å². The van der Waals surface area contributed by atoms with Gasteiger partial charge in [-0.2, -0.15) is 17.6 Å². The maximum Gasteiger partial charge on any atom is 0.406 e. The van der Waals surface area contributed by atoms with Crippen molar-refractivity contribution in [1.29, 1.82) is 0 Å². The smallest absolute Gasteiger partial charge is 0.370 e. The van der Waals surface area contributed by atoms with Crippen LogP contribution in [0.15, 0.2) is 59.9 Å². The van der Waals surface area contributed by atoms with E-state index in [-0.39, 0.29) is 34.8 Å². The number of nitrogens with zero attached hydrogens (tertiary/aromatic N) is 3. The van der Waals surface area contributed by atoms with E-state index < -0.39 is 35.9 Å². The van der Waals surface area contributed by atoms with Gasteiger partial charge in [-0.1, -0.05) is 25.1 Å². The van der Waals surface area contributed by atoms with E-state index in [1.54, 1.807) is 18.2 Å². The third-order valence-electron chi connectivity index (χ3n) is 5.48. The van der Waals surface area contributed by atoms with Crippen LogP contribution >= 0.6 is 0 Å². The van der Waals surface area contributed by atoms with Crippen LogP contribution in [-0.2, 0) is 16.9 Å². The molecule has 4 rings (SSSR count). The zero-order valence-corrected chi connectivity index (χ0v) is 17.9. The van der Waals surface area contributed by atoms with Crippen molar-refractivity contribution in [2.75, 3.05) is 0 Å². The summed E-state index contributed by atoms with van der Waals surface area (Å²) in [4.78, 5) is 33.4. The molecule has 1 atom stereocenters. The molecule has 0 saturated carbocycles. The molecule has 0 bridgehead atoms. The molecule has 34 heavy (non-hydrogen) atoms. The number of nitrogens with two attached hydrogens (primary N) is 1. The summed E-state index contributed by atoms with van der Waals surface area (Å²) in [6, 6.07) is 10.4. The zero-order chi connectivity index (χ0) is 24.7. The van der Waals surface area contributed by atoms with E-state index in [0.29, 0.717) is 5.56 Å². The molecule has 11 heteroatoms. The molecule has 1 amide bonds. The molecule has 1 unspecified atom stereocenters. The number of hydrogen-bond donors (Lipinski definition) is 2. The van der Waals surface area contributed by atoms with Gasteiger partial charge in [0.15, 0.2) is 17.3 Å². The number of ketones is 1. The van der Waals surface area contributed by atoms with Crippen molar-refractivity contribution in [2.45, 2.75) is 31.6 Å². The lowest BCUT2D eigenvalue weighted by molar-refractivity contribution is -0.140. The van der Waals surface area contributed by atoms with Crippen LogP contribution in [0.4, 0.5) is 17.6 Å². The van der Waals surface area contributed by atoms with E-state index in [1.165, 1.54) is 37.4 Å². The van der Waals surface area contributed by atoms with Crippen molar-refractivity contribution >= 4 is 17.6 Å². The Balaban J connectivity index is 1.93. The number of carbonyl (C=O) groups excluding carboxylic acids is 2. The molecular formula is C23H19F4N5O2. The van der Waals surface area contributed by atoms with Crippen LogP contribution < -0.4 is 11.1 Å². The molecule has 1 aromatic carbocycles. The zero-order valence-electron chi connectivity index (χ0n) is 17.9. The van der Waals surface area contributed by atoms with Gasteiger partial charge in [0.2, 0.25) is 5.95 Å². The first-order chi connectivity index (χ1) is 16.0. The molecule has 0 spiro atoms. The minimum atomic E-state index is -4.61. The maximum atomic E-state index is 14.3. The first kappa shape index (κ1) is 23.1. The second-order valence-corrected chi connectivity index (χ2v) is 7.72. The summed E-state index contributed by atoms with van der Waals surface area (Å²) in [7, 11) is 0. The second kappa shape index (κ2) is 8.40. The molecular weight excluding hydrogens is 454 g/mol. The predicted molar refractivity (Wildman–Crippen MR) is 115 cm³/mol. The van der Waals surface area contributed by atoms with Crippen molar-refractivity contribution < 1.29 is 27.2 Å². The van der Waals surface area contributed by atoms with Crippen molar-refractivity contribution in [3.8, 4) is 11.1 Å². The van der Waals surface area contributed by atoms with Crippen molar-refractivity contribution in [3.63, 3.8) is 0 Å². The van der Waals surface area contributed by atoms with Gasteiger partial charge in [-0.05, 0) is 35.4 Å². The molecule has 0 radical (unpaired) electrons. The maximum absolute atomic E-state index is 14.3. The number of Topliss-reactive ketones (excluding diaryl/α,β-unsaturated/α-hetero) is 1. The van der Waals surface area contributed by atoms with Gasteiger partial charge in [-0.25, -0.2) is 9.98 Å². The average Bonchev–Trinajstić information content (AvgIpc) is 3.33. The van der Waals surface area contributed by atoms with Gasteiger partial charge < -0.3 is 10.3 Å². The molecule has 7 nitrogen and oxygen atoms in total. The number of aromatic nitrogens is 2. The number of amides is 1. The van der Waals surface area contributed by atoms with Crippen LogP contribution in [0.5, 0.6) is 0 Å². The minimum Gasteiger partial charge on any atom is -0.370 e. The molecule has 0 saturated heterocycles. The number of hydrogen-bond acceptors (Lipinski definition) is 5. The fraction of sp³-hybridized carbons (Fsp3) is 0.217. The van der Waals surface area contributed by atoms with E-state index in [9.17, 15) is 27.2 Å². The highest BCUT2D eigenvalue weighted by molar-refractivity contribution is 6.09. The first-order valence-corrected chi connectivity index (χ1v) is 10.2. The summed E-state index contributed by atoms with van der Waals surface area (Å²) in [6.45, 7) is 0.0962. The number of alkyl halides is 3. The summed E-state index contributed by atoms with van der Waals surface area (Å²) in [5.41, 5.74) is 4.47. The fourth-order valence-electron chi connectivity index (χ4n) is 3.99. The van der Waals surface area contributed by atoms with Crippen LogP contribution in [0.1, 0.15) is 35.0 Å². The quantitative estimate of drug-likeness (QED) is 0.325. The molecule has 3 N–H and O–H groups in total. The number of nitrogens with one attached hydrogen (secondary N) is 1. The van der Waals surface area contributed by atoms with Gasteiger partial charge in [-0.3, -0.25) is 14.9 Å². The fourth-order valence-corrected chi connectivity index (χ4v) is 3.99. The molecule has 0 aliphatic carbocycles. The molecule has 0 fully saturated rings. The highest BCUT2D eigenvalue weighted by atomic mass is 19.4. The Hall–Kier alpha value is -4.02. The highest BCUT2D eigenvalue weighted by Gasteiger charge is 2.48. The van der Waals surface area contributed by atoms with Gasteiger partial charge in [0.1, 0.15) is 6.54 Å². The van der Waals surface area contributed by atoms with E-state index in [1.807, 2.05) is 0 Å².